The van der Waals surface area contributed by atoms with Gasteiger partial charge in [0, 0.05) is 12.2 Å². The Kier molecular flexibility index (Phi) is 5.16. The van der Waals surface area contributed by atoms with Crippen molar-refractivity contribution in [1.82, 2.24) is 0 Å². The number of hydrogen-bond acceptors (Lipinski definition) is 3. The van der Waals surface area contributed by atoms with Crippen LogP contribution in [0.5, 0.6) is 5.75 Å². The first-order chi connectivity index (χ1) is 9.16. The van der Waals surface area contributed by atoms with Gasteiger partial charge in [-0.1, -0.05) is 0 Å². The summed E-state index contributed by atoms with van der Waals surface area (Å²) >= 11 is 0. The first kappa shape index (κ1) is 14.3. The fourth-order valence-electron chi connectivity index (χ4n) is 2.34. The highest BCUT2D eigenvalue weighted by atomic mass is 19.1. The van der Waals surface area contributed by atoms with Crippen LogP contribution in [0.1, 0.15) is 44.3 Å². The molecule has 1 heterocycles. The minimum absolute atomic E-state index is 0.359. The van der Waals surface area contributed by atoms with Crippen molar-refractivity contribution >= 4 is 0 Å². The van der Waals surface area contributed by atoms with Crippen LogP contribution in [0, 0.1) is 5.82 Å². The van der Waals surface area contributed by atoms with Crippen LogP contribution in [0.4, 0.5) is 4.39 Å². The number of aliphatic hydroxyl groups is 1. The van der Waals surface area contributed by atoms with Gasteiger partial charge in [0.15, 0.2) is 0 Å². The molecule has 1 saturated heterocycles. The van der Waals surface area contributed by atoms with Crippen molar-refractivity contribution in [1.29, 1.82) is 0 Å². The minimum atomic E-state index is -0.733. The van der Waals surface area contributed by atoms with Gasteiger partial charge in [-0.15, -0.1) is 0 Å². The summed E-state index contributed by atoms with van der Waals surface area (Å²) in [5, 5.41) is 9.59. The summed E-state index contributed by atoms with van der Waals surface area (Å²) in [6, 6.07) is 4.24. The average molecular weight is 268 g/mol. The second-order valence-electron chi connectivity index (χ2n) is 4.98. The molecule has 0 radical (unpaired) electrons. The normalized spacial score (nSPS) is 20.5. The molecule has 1 aromatic carbocycles. The zero-order valence-corrected chi connectivity index (χ0v) is 11.3. The van der Waals surface area contributed by atoms with Crippen LogP contribution in [-0.2, 0) is 4.74 Å². The molecular weight excluding hydrogens is 247 g/mol. The van der Waals surface area contributed by atoms with Crippen molar-refractivity contribution in [3.8, 4) is 5.75 Å². The van der Waals surface area contributed by atoms with Gasteiger partial charge in [-0.05, 0) is 50.8 Å². The zero-order valence-electron chi connectivity index (χ0n) is 11.3. The third-order valence-corrected chi connectivity index (χ3v) is 3.37. The summed E-state index contributed by atoms with van der Waals surface area (Å²) in [6.45, 7) is 3.04. The zero-order chi connectivity index (χ0) is 13.7. The van der Waals surface area contributed by atoms with Crippen molar-refractivity contribution in [3.05, 3.63) is 29.6 Å². The van der Waals surface area contributed by atoms with E-state index in [1.807, 2.05) is 0 Å². The molecule has 2 rings (SSSR count). The summed E-state index contributed by atoms with van der Waals surface area (Å²) in [6.07, 6.45) is 3.81. The van der Waals surface area contributed by atoms with Gasteiger partial charge < -0.3 is 14.6 Å². The van der Waals surface area contributed by atoms with E-state index in [1.165, 1.54) is 12.1 Å². The van der Waals surface area contributed by atoms with Crippen LogP contribution in [-0.4, -0.2) is 24.4 Å². The molecular formula is C15H21FO3. The largest absolute Gasteiger partial charge is 0.493 e. The van der Waals surface area contributed by atoms with Crippen LogP contribution >= 0.6 is 0 Å². The van der Waals surface area contributed by atoms with Crippen molar-refractivity contribution in [2.75, 3.05) is 13.2 Å². The van der Waals surface area contributed by atoms with Gasteiger partial charge in [0.25, 0.3) is 0 Å². The van der Waals surface area contributed by atoms with Crippen molar-refractivity contribution in [2.45, 2.75) is 44.8 Å². The van der Waals surface area contributed by atoms with Crippen LogP contribution in [0.3, 0.4) is 0 Å². The molecule has 106 valence electrons. The molecule has 1 aliphatic rings. The maximum atomic E-state index is 13.1. The maximum Gasteiger partial charge on any atom is 0.125 e. The van der Waals surface area contributed by atoms with Crippen LogP contribution in [0.25, 0.3) is 0 Å². The van der Waals surface area contributed by atoms with E-state index in [9.17, 15) is 9.50 Å². The van der Waals surface area contributed by atoms with Gasteiger partial charge >= 0.3 is 0 Å². The molecule has 2 atom stereocenters. The molecule has 1 unspecified atom stereocenters. The van der Waals surface area contributed by atoms with E-state index >= 15 is 0 Å². The van der Waals surface area contributed by atoms with Gasteiger partial charge in [-0.2, -0.15) is 0 Å². The lowest BCUT2D eigenvalue weighted by molar-refractivity contribution is 0.0978. The number of aliphatic hydroxyl groups excluding tert-OH is 1. The average Bonchev–Trinajstić information content (AvgIpc) is 2.89. The molecule has 1 aliphatic heterocycles. The van der Waals surface area contributed by atoms with E-state index in [-0.39, 0.29) is 5.82 Å². The third-order valence-electron chi connectivity index (χ3n) is 3.37. The van der Waals surface area contributed by atoms with E-state index in [1.54, 1.807) is 13.0 Å². The molecule has 3 nitrogen and oxygen atoms in total. The predicted octanol–water partition coefficient (Wildman–Crippen LogP) is 3.22. The lowest BCUT2D eigenvalue weighted by atomic mass is 10.1. The number of hydrogen-bond donors (Lipinski definition) is 1. The Balaban J connectivity index is 1.81. The fraction of sp³-hybridized carbons (Fsp3) is 0.600. The number of ether oxygens (including phenoxy) is 2. The highest BCUT2D eigenvalue weighted by Gasteiger charge is 2.15. The molecule has 4 heteroatoms. The molecule has 0 bridgehead atoms. The van der Waals surface area contributed by atoms with Crippen LogP contribution in [0.15, 0.2) is 18.2 Å². The molecule has 0 aliphatic carbocycles. The Bertz CT molecular complexity index is 400. The summed E-state index contributed by atoms with van der Waals surface area (Å²) in [7, 11) is 0. The Morgan fingerprint density at radius 1 is 1.53 bits per heavy atom. The summed E-state index contributed by atoms with van der Waals surface area (Å²) < 4.78 is 24.3. The molecule has 0 aromatic heterocycles. The van der Waals surface area contributed by atoms with Crippen LogP contribution in [0.2, 0.25) is 0 Å². The maximum absolute atomic E-state index is 13.1. The lowest BCUT2D eigenvalue weighted by Crippen LogP contribution is -2.08. The van der Waals surface area contributed by atoms with Gasteiger partial charge in [-0.3, -0.25) is 0 Å². The van der Waals surface area contributed by atoms with E-state index in [4.69, 9.17) is 9.47 Å². The molecule has 0 amide bonds. The third kappa shape index (κ3) is 4.18. The highest BCUT2D eigenvalue weighted by molar-refractivity contribution is 5.35. The van der Waals surface area contributed by atoms with Crippen molar-refractivity contribution in [2.24, 2.45) is 0 Å². The monoisotopic (exact) mass is 268 g/mol. The summed E-state index contributed by atoms with van der Waals surface area (Å²) in [5.41, 5.74) is 0.497. The number of rotatable bonds is 6. The Labute approximate surface area is 113 Å². The van der Waals surface area contributed by atoms with Gasteiger partial charge in [0.05, 0.1) is 18.8 Å². The quantitative estimate of drug-likeness (QED) is 0.805. The SMILES string of the molecule is C[C@@H](O)c1cc(F)ccc1OCCCC1CCCO1. The topological polar surface area (TPSA) is 38.7 Å². The first-order valence-corrected chi connectivity index (χ1v) is 6.88. The minimum Gasteiger partial charge on any atom is -0.493 e. The van der Waals surface area contributed by atoms with E-state index in [0.29, 0.717) is 24.0 Å². The Morgan fingerprint density at radius 2 is 2.37 bits per heavy atom. The van der Waals surface area contributed by atoms with E-state index in [2.05, 4.69) is 0 Å². The highest BCUT2D eigenvalue weighted by Crippen LogP contribution is 2.26. The smallest absolute Gasteiger partial charge is 0.125 e. The van der Waals surface area contributed by atoms with Gasteiger partial charge in [0.2, 0.25) is 0 Å². The van der Waals surface area contributed by atoms with Gasteiger partial charge in [0.1, 0.15) is 11.6 Å². The van der Waals surface area contributed by atoms with Crippen molar-refractivity contribution < 1.29 is 19.0 Å². The summed E-state index contributed by atoms with van der Waals surface area (Å²) in [4.78, 5) is 0. The first-order valence-electron chi connectivity index (χ1n) is 6.88. The Hall–Kier alpha value is -1.13. The second kappa shape index (κ2) is 6.87. The summed E-state index contributed by atoms with van der Waals surface area (Å²) in [5.74, 6) is 0.200. The molecule has 1 aromatic rings. The predicted molar refractivity (Wildman–Crippen MR) is 70.7 cm³/mol. The van der Waals surface area contributed by atoms with Crippen LogP contribution < -0.4 is 4.74 Å². The molecule has 0 saturated carbocycles. The molecule has 19 heavy (non-hydrogen) atoms. The molecule has 1 N–H and O–H groups in total. The van der Waals surface area contributed by atoms with Gasteiger partial charge in [-0.25, -0.2) is 4.39 Å². The Morgan fingerprint density at radius 3 is 3.05 bits per heavy atom. The second-order valence-corrected chi connectivity index (χ2v) is 4.98. The molecule has 0 spiro atoms. The van der Waals surface area contributed by atoms with E-state index in [0.717, 1.165) is 32.3 Å². The number of benzene rings is 1. The van der Waals surface area contributed by atoms with Crippen molar-refractivity contribution in [3.63, 3.8) is 0 Å². The lowest BCUT2D eigenvalue weighted by Gasteiger charge is -2.14. The molecule has 1 fully saturated rings. The number of halogens is 1. The standard InChI is InChI=1S/C15H21FO3/c1-11(17)14-10-12(16)6-7-15(14)19-9-3-5-13-4-2-8-18-13/h6-7,10-11,13,17H,2-5,8-9H2,1H3/t11-,13?/m1/s1. The fourth-order valence-corrected chi connectivity index (χ4v) is 2.34. The van der Waals surface area contributed by atoms with E-state index < -0.39 is 6.10 Å².